The molecule has 1 saturated heterocycles. The van der Waals surface area contributed by atoms with Crippen LogP contribution in [-0.2, 0) is 4.74 Å². The second-order valence-electron chi connectivity index (χ2n) is 7.65. The molecule has 1 saturated carbocycles. The number of nitrogens with zero attached hydrogens (tertiary/aromatic N) is 4. The second-order valence-corrected chi connectivity index (χ2v) is 7.65. The molecule has 1 N–H and O–H groups in total. The van der Waals surface area contributed by atoms with Crippen LogP contribution in [0.25, 0.3) is 0 Å². The Morgan fingerprint density at radius 2 is 2.04 bits per heavy atom. The number of amides is 1. The van der Waals surface area contributed by atoms with Gasteiger partial charge in [0, 0.05) is 37.8 Å². The smallest absolute Gasteiger partial charge is 0.410 e. The van der Waals surface area contributed by atoms with Gasteiger partial charge in [0.2, 0.25) is 0 Å². The van der Waals surface area contributed by atoms with Gasteiger partial charge >= 0.3 is 6.09 Å². The normalized spacial score (nSPS) is 21.6. The molecule has 0 radical (unpaired) electrons. The quantitative estimate of drug-likeness (QED) is 0.916. The van der Waals surface area contributed by atoms with Crippen molar-refractivity contribution in [1.82, 2.24) is 14.9 Å². The average Bonchev–Trinajstić information content (AvgIpc) is 3.29. The monoisotopic (exact) mass is 333 g/mol. The molecule has 0 bridgehead atoms. The number of hydrogen-bond acceptors (Lipinski definition) is 6. The minimum absolute atomic E-state index is 0.0726. The van der Waals surface area contributed by atoms with E-state index in [0.717, 1.165) is 24.7 Å². The summed E-state index contributed by atoms with van der Waals surface area (Å²) in [4.78, 5) is 25.0. The van der Waals surface area contributed by atoms with Gasteiger partial charge in [-0.1, -0.05) is 0 Å². The van der Waals surface area contributed by atoms with Crippen LogP contribution in [0.15, 0.2) is 12.4 Å². The van der Waals surface area contributed by atoms with Crippen molar-refractivity contribution in [2.24, 2.45) is 0 Å². The number of piperazine rings is 1. The molecular formula is C17H27N5O2. The van der Waals surface area contributed by atoms with Gasteiger partial charge < -0.3 is 19.9 Å². The Balaban J connectivity index is 1.61. The highest BCUT2D eigenvalue weighted by molar-refractivity contribution is 5.69. The summed E-state index contributed by atoms with van der Waals surface area (Å²) in [6.45, 7) is 9.82. The molecule has 1 unspecified atom stereocenters. The second kappa shape index (κ2) is 6.45. The Labute approximate surface area is 143 Å². The van der Waals surface area contributed by atoms with E-state index >= 15 is 0 Å². The van der Waals surface area contributed by atoms with Crippen molar-refractivity contribution < 1.29 is 9.53 Å². The van der Waals surface area contributed by atoms with Crippen molar-refractivity contribution in [3.63, 3.8) is 0 Å². The number of carbonyl (C=O) groups is 1. The SMILES string of the molecule is CC1CN(c2cc(NC3CC3)ncn2)CCN1C(=O)OC(C)(C)C. The summed E-state index contributed by atoms with van der Waals surface area (Å²) in [5.74, 6) is 1.79. The Kier molecular flexibility index (Phi) is 4.51. The molecule has 1 aromatic rings. The predicted octanol–water partition coefficient (Wildman–Crippen LogP) is 2.50. The molecule has 1 amide bonds. The summed E-state index contributed by atoms with van der Waals surface area (Å²) < 4.78 is 5.49. The first-order valence-corrected chi connectivity index (χ1v) is 8.65. The first-order chi connectivity index (χ1) is 11.3. The van der Waals surface area contributed by atoms with Crippen LogP contribution in [0.2, 0.25) is 0 Å². The van der Waals surface area contributed by atoms with Crippen LogP contribution in [0.3, 0.4) is 0 Å². The lowest BCUT2D eigenvalue weighted by Crippen LogP contribution is -2.55. The summed E-state index contributed by atoms with van der Waals surface area (Å²) >= 11 is 0. The molecule has 3 rings (SSSR count). The number of anilines is 2. The fraction of sp³-hybridized carbons (Fsp3) is 0.706. The van der Waals surface area contributed by atoms with E-state index in [1.54, 1.807) is 11.2 Å². The molecule has 2 aliphatic rings. The highest BCUT2D eigenvalue weighted by Crippen LogP contribution is 2.25. The molecular weight excluding hydrogens is 306 g/mol. The van der Waals surface area contributed by atoms with Crippen LogP contribution in [0, 0.1) is 0 Å². The molecule has 1 aliphatic carbocycles. The molecule has 0 aromatic carbocycles. The largest absolute Gasteiger partial charge is 0.444 e. The van der Waals surface area contributed by atoms with Gasteiger partial charge in [-0.2, -0.15) is 0 Å². The minimum Gasteiger partial charge on any atom is -0.444 e. The maximum atomic E-state index is 12.3. The maximum absolute atomic E-state index is 12.3. The summed E-state index contributed by atoms with van der Waals surface area (Å²) in [5, 5.41) is 3.40. The predicted molar refractivity (Wildman–Crippen MR) is 93.3 cm³/mol. The summed E-state index contributed by atoms with van der Waals surface area (Å²) in [6, 6.07) is 2.63. The number of aromatic nitrogens is 2. The first-order valence-electron chi connectivity index (χ1n) is 8.65. The molecule has 2 fully saturated rings. The molecule has 2 heterocycles. The van der Waals surface area contributed by atoms with Gasteiger partial charge in [0.15, 0.2) is 0 Å². The lowest BCUT2D eigenvalue weighted by molar-refractivity contribution is 0.0158. The number of rotatable bonds is 3. The van der Waals surface area contributed by atoms with Gasteiger partial charge in [-0.25, -0.2) is 14.8 Å². The van der Waals surface area contributed by atoms with E-state index in [4.69, 9.17) is 4.74 Å². The molecule has 7 heteroatoms. The van der Waals surface area contributed by atoms with Gasteiger partial charge in [0.25, 0.3) is 0 Å². The van der Waals surface area contributed by atoms with E-state index in [1.807, 2.05) is 33.8 Å². The lowest BCUT2D eigenvalue weighted by atomic mass is 10.2. The molecule has 1 atom stereocenters. The zero-order valence-electron chi connectivity index (χ0n) is 15.0. The van der Waals surface area contributed by atoms with Crippen molar-refractivity contribution in [1.29, 1.82) is 0 Å². The number of nitrogens with one attached hydrogen (secondary N) is 1. The number of ether oxygens (including phenoxy) is 1. The molecule has 1 aromatic heterocycles. The van der Waals surface area contributed by atoms with E-state index in [2.05, 4.69) is 20.2 Å². The summed E-state index contributed by atoms with van der Waals surface area (Å²) in [7, 11) is 0. The van der Waals surface area contributed by atoms with Crippen molar-refractivity contribution in [3.05, 3.63) is 12.4 Å². The Morgan fingerprint density at radius 3 is 2.67 bits per heavy atom. The van der Waals surface area contributed by atoms with Gasteiger partial charge in [-0.3, -0.25) is 0 Å². The van der Waals surface area contributed by atoms with Crippen LogP contribution in [0.1, 0.15) is 40.5 Å². The third kappa shape index (κ3) is 4.27. The maximum Gasteiger partial charge on any atom is 0.410 e. The van der Waals surface area contributed by atoms with Crippen molar-refractivity contribution in [2.45, 2.75) is 58.2 Å². The topological polar surface area (TPSA) is 70.6 Å². The van der Waals surface area contributed by atoms with E-state index < -0.39 is 5.60 Å². The molecule has 132 valence electrons. The fourth-order valence-corrected chi connectivity index (χ4v) is 2.79. The van der Waals surface area contributed by atoms with Gasteiger partial charge in [-0.05, 0) is 40.5 Å². The lowest BCUT2D eigenvalue weighted by Gasteiger charge is -2.40. The van der Waals surface area contributed by atoms with Crippen LogP contribution in [-0.4, -0.2) is 58.3 Å². The van der Waals surface area contributed by atoms with Gasteiger partial charge in [-0.15, -0.1) is 0 Å². The van der Waals surface area contributed by atoms with E-state index in [1.165, 1.54) is 12.8 Å². The molecule has 0 spiro atoms. The highest BCUT2D eigenvalue weighted by Gasteiger charge is 2.31. The molecule has 24 heavy (non-hydrogen) atoms. The van der Waals surface area contributed by atoms with Gasteiger partial charge in [0.1, 0.15) is 23.6 Å². The number of hydrogen-bond donors (Lipinski definition) is 1. The standard InChI is InChI=1S/C17H27N5O2/c1-12-10-21(7-8-22(12)16(23)24-17(2,3)4)15-9-14(18-11-19-15)20-13-5-6-13/h9,11-13H,5-8,10H2,1-4H3,(H,18,19,20). The van der Waals surface area contributed by atoms with E-state index in [9.17, 15) is 4.79 Å². The minimum atomic E-state index is -0.468. The third-order valence-electron chi connectivity index (χ3n) is 4.16. The Bertz CT molecular complexity index is 597. The van der Waals surface area contributed by atoms with Crippen LogP contribution in [0.4, 0.5) is 16.4 Å². The first kappa shape index (κ1) is 16.8. The van der Waals surface area contributed by atoms with E-state index in [-0.39, 0.29) is 12.1 Å². The zero-order valence-corrected chi connectivity index (χ0v) is 15.0. The third-order valence-corrected chi connectivity index (χ3v) is 4.16. The Hall–Kier alpha value is -2.05. The van der Waals surface area contributed by atoms with Crippen LogP contribution < -0.4 is 10.2 Å². The summed E-state index contributed by atoms with van der Waals surface area (Å²) in [6.07, 6.45) is 3.79. The van der Waals surface area contributed by atoms with Crippen LogP contribution in [0.5, 0.6) is 0 Å². The molecule has 7 nitrogen and oxygen atoms in total. The van der Waals surface area contributed by atoms with Crippen molar-refractivity contribution >= 4 is 17.7 Å². The van der Waals surface area contributed by atoms with Crippen molar-refractivity contribution in [3.8, 4) is 0 Å². The van der Waals surface area contributed by atoms with Crippen molar-refractivity contribution in [2.75, 3.05) is 29.9 Å². The Morgan fingerprint density at radius 1 is 1.29 bits per heavy atom. The highest BCUT2D eigenvalue weighted by atomic mass is 16.6. The molecule has 1 aliphatic heterocycles. The fourth-order valence-electron chi connectivity index (χ4n) is 2.79. The van der Waals surface area contributed by atoms with E-state index in [0.29, 0.717) is 12.6 Å². The average molecular weight is 333 g/mol. The number of carbonyl (C=O) groups excluding carboxylic acids is 1. The van der Waals surface area contributed by atoms with Gasteiger partial charge in [0.05, 0.1) is 0 Å². The van der Waals surface area contributed by atoms with Crippen LogP contribution >= 0.6 is 0 Å². The zero-order chi connectivity index (χ0) is 17.3. The summed E-state index contributed by atoms with van der Waals surface area (Å²) in [5.41, 5.74) is -0.468.